The summed E-state index contributed by atoms with van der Waals surface area (Å²) < 4.78 is 0. The number of H-pyrrole nitrogens is 1. The number of amides is 1. The molecule has 1 aromatic rings. The number of nitrogens with zero attached hydrogens (tertiary/aromatic N) is 1. The van der Waals surface area contributed by atoms with Gasteiger partial charge in [-0.05, 0) is 13.0 Å². The van der Waals surface area contributed by atoms with Crippen molar-refractivity contribution < 1.29 is 4.79 Å². The minimum Gasteiger partial charge on any atom is -0.354 e. The second kappa shape index (κ2) is 3.57. The summed E-state index contributed by atoms with van der Waals surface area (Å²) in [6.45, 7) is 1.58. The number of aromatic amines is 1. The molecule has 70 valence electrons. The maximum absolute atomic E-state index is 11.5. The number of hydrogen-bond donors (Lipinski definition) is 3. The highest BCUT2D eigenvalue weighted by Crippen LogP contribution is 2.08. The van der Waals surface area contributed by atoms with E-state index < -0.39 is 0 Å². The molecule has 13 heavy (non-hydrogen) atoms. The van der Waals surface area contributed by atoms with Crippen molar-refractivity contribution in [2.45, 2.75) is 12.5 Å². The van der Waals surface area contributed by atoms with Gasteiger partial charge in [-0.3, -0.25) is 10.1 Å². The van der Waals surface area contributed by atoms with Crippen LogP contribution in [-0.4, -0.2) is 29.0 Å². The lowest BCUT2D eigenvalue weighted by molar-refractivity contribution is -0.122. The van der Waals surface area contributed by atoms with Crippen LogP contribution in [0.1, 0.15) is 18.3 Å². The molecule has 0 aliphatic carbocycles. The first kappa shape index (κ1) is 8.25. The Morgan fingerprint density at radius 1 is 1.46 bits per heavy atom. The van der Waals surface area contributed by atoms with Crippen molar-refractivity contribution in [1.82, 2.24) is 20.6 Å². The second-order valence-electron chi connectivity index (χ2n) is 3.01. The van der Waals surface area contributed by atoms with E-state index in [2.05, 4.69) is 20.6 Å². The number of rotatable bonds is 1. The highest BCUT2D eigenvalue weighted by atomic mass is 16.2. The first-order valence-corrected chi connectivity index (χ1v) is 4.38. The zero-order valence-electron chi connectivity index (χ0n) is 7.21. The maximum Gasteiger partial charge on any atom is 0.244 e. The summed E-state index contributed by atoms with van der Waals surface area (Å²) >= 11 is 0. The van der Waals surface area contributed by atoms with Gasteiger partial charge in [-0.15, -0.1) is 0 Å². The molecule has 0 bridgehead atoms. The molecule has 5 heteroatoms. The number of carbonyl (C=O) groups excluding carboxylic acids is 1. The van der Waals surface area contributed by atoms with Crippen LogP contribution in [0.2, 0.25) is 0 Å². The Morgan fingerprint density at radius 3 is 3.15 bits per heavy atom. The van der Waals surface area contributed by atoms with Gasteiger partial charge in [-0.1, -0.05) is 0 Å². The standard InChI is InChI=1S/C8H12N4O/c13-8-6(7-10-4-5-11-7)9-2-1-3-12-8/h4-6,9H,1-3H2,(H,10,11)(H,12,13). The van der Waals surface area contributed by atoms with Crippen LogP contribution in [-0.2, 0) is 4.79 Å². The molecule has 1 aliphatic rings. The van der Waals surface area contributed by atoms with Gasteiger partial charge in [0, 0.05) is 18.9 Å². The number of carbonyl (C=O) groups is 1. The van der Waals surface area contributed by atoms with Crippen molar-refractivity contribution in [3.8, 4) is 0 Å². The van der Waals surface area contributed by atoms with Crippen molar-refractivity contribution in [2.75, 3.05) is 13.1 Å². The molecule has 2 rings (SSSR count). The summed E-state index contributed by atoms with van der Waals surface area (Å²) in [5.74, 6) is 0.673. The topological polar surface area (TPSA) is 69.8 Å². The number of imidazole rings is 1. The van der Waals surface area contributed by atoms with Crippen LogP contribution >= 0.6 is 0 Å². The lowest BCUT2D eigenvalue weighted by Gasteiger charge is -2.10. The molecule has 1 atom stereocenters. The van der Waals surface area contributed by atoms with Gasteiger partial charge in [0.15, 0.2) is 0 Å². The Hall–Kier alpha value is -1.36. The summed E-state index contributed by atoms with van der Waals surface area (Å²) in [7, 11) is 0. The largest absolute Gasteiger partial charge is 0.354 e. The van der Waals surface area contributed by atoms with Crippen LogP contribution in [0.4, 0.5) is 0 Å². The smallest absolute Gasteiger partial charge is 0.244 e. The Kier molecular flexibility index (Phi) is 2.27. The first-order chi connectivity index (χ1) is 6.38. The molecule has 0 saturated carbocycles. The third kappa shape index (κ3) is 1.70. The fourth-order valence-electron chi connectivity index (χ4n) is 1.40. The quantitative estimate of drug-likeness (QED) is 0.548. The van der Waals surface area contributed by atoms with Gasteiger partial charge in [-0.25, -0.2) is 4.98 Å². The maximum atomic E-state index is 11.5. The monoisotopic (exact) mass is 180 g/mol. The van der Waals surface area contributed by atoms with E-state index in [0.717, 1.165) is 19.5 Å². The highest BCUT2D eigenvalue weighted by Gasteiger charge is 2.23. The molecule has 2 heterocycles. The average molecular weight is 180 g/mol. The molecular formula is C8H12N4O. The molecule has 1 saturated heterocycles. The first-order valence-electron chi connectivity index (χ1n) is 4.38. The van der Waals surface area contributed by atoms with Crippen molar-refractivity contribution >= 4 is 5.91 Å². The predicted molar refractivity (Wildman–Crippen MR) is 47.0 cm³/mol. The van der Waals surface area contributed by atoms with E-state index in [9.17, 15) is 4.79 Å². The molecule has 1 fully saturated rings. The fraction of sp³-hybridized carbons (Fsp3) is 0.500. The fourth-order valence-corrected chi connectivity index (χ4v) is 1.40. The van der Waals surface area contributed by atoms with Crippen molar-refractivity contribution in [3.05, 3.63) is 18.2 Å². The molecule has 1 amide bonds. The Labute approximate surface area is 75.9 Å². The van der Waals surface area contributed by atoms with Gasteiger partial charge in [0.1, 0.15) is 11.9 Å². The van der Waals surface area contributed by atoms with Gasteiger partial charge in [0.2, 0.25) is 5.91 Å². The van der Waals surface area contributed by atoms with E-state index in [1.54, 1.807) is 12.4 Å². The summed E-state index contributed by atoms with van der Waals surface area (Å²) in [5, 5.41) is 5.95. The Balaban J connectivity index is 2.16. The van der Waals surface area contributed by atoms with Crippen molar-refractivity contribution in [2.24, 2.45) is 0 Å². The van der Waals surface area contributed by atoms with Crippen LogP contribution in [0.25, 0.3) is 0 Å². The van der Waals surface area contributed by atoms with Crippen molar-refractivity contribution in [1.29, 1.82) is 0 Å². The molecule has 5 nitrogen and oxygen atoms in total. The number of aromatic nitrogens is 2. The van der Waals surface area contributed by atoms with Gasteiger partial charge in [0.05, 0.1) is 0 Å². The predicted octanol–water partition coefficient (Wildman–Crippen LogP) is -0.440. The Bertz CT molecular complexity index is 282. The molecule has 0 radical (unpaired) electrons. The molecular weight excluding hydrogens is 168 g/mol. The molecule has 3 N–H and O–H groups in total. The van der Waals surface area contributed by atoms with Gasteiger partial charge < -0.3 is 10.3 Å². The van der Waals surface area contributed by atoms with E-state index in [1.165, 1.54) is 0 Å². The van der Waals surface area contributed by atoms with E-state index in [4.69, 9.17) is 0 Å². The lowest BCUT2D eigenvalue weighted by atomic mass is 10.2. The van der Waals surface area contributed by atoms with Crippen LogP contribution in [0.3, 0.4) is 0 Å². The minimum atomic E-state index is -0.322. The van der Waals surface area contributed by atoms with Gasteiger partial charge in [-0.2, -0.15) is 0 Å². The summed E-state index contributed by atoms with van der Waals surface area (Å²) in [4.78, 5) is 18.5. The van der Waals surface area contributed by atoms with Gasteiger partial charge >= 0.3 is 0 Å². The summed E-state index contributed by atoms with van der Waals surface area (Å²) in [5.41, 5.74) is 0. The minimum absolute atomic E-state index is 0.00699. The third-order valence-electron chi connectivity index (χ3n) is 2.06. The van der Waals surface area contributed by atoms with E-state index >= 15 is 0 Å². The number of nitrogens with one attached hydrogen (secondary N) is 3. The normalized spacial score (nSPS) is 23.7. The molecule has 1 aromatic heterocycles. The van der Waals surface area contributed by atoms with E-state index in [1.807, 2.05) is 0 Å². The molecule has 0 aromatic carbocycles. The lowest BCUT2D eigenvalue weighted by Crippen LogP contribution is -2.34. The SMILES string of the molecule is O=C1NCCCNC1c1ncc[nH]1. The number of hydrogen-bond acceptors (Lipinski definition) is 3. The zero-order chi connectivity index (χ0) is 9.10. The molecule has 0 spiro atoms. The average Bonchev–Trinajstić information content (AvgIpc) is 2.56. The second-order valence-corrected chi connectivity index (χ2v) is 3.01. The van der Waals surface area contributed by atoms with Crippen LogP contribution < -0.4 is 10.6 Å². The van der Waals surface area contributed by atoms with Crippen LogP contribution in [0.5, 0.6) is 0 Å². The highest BCUT2D eigenvalue weighted by molar-refractivity contribution is 5.82. The summed E-state index contributed by atoms with van der Waals surface area (Å²) in [6, 6.07) is -0.322. The molecule has 1 unspecified atom stereocenters. The zero-order valence-corrected chi connectivity index (χ0v) is 7.21. The van der Waals surface area contributed by atoms with E-state index in [-0.39, 0.29) is 11.9 Å². The molecule has 1 aliphatic heterocycles. The van der Waals surface area contributed by atoms with Crippen LogP contribution in [0.15, 0.2) is 12.4 Å². The van der Waals surface area contributed by atoms with E-state index in [0.29, 0.717) is 5.82 Å². The van der Waals surface area contributed by atoms with Gasteiger partial charge in [0.25, 0.3) is 0 Å². The third-order valence-corrected chi connectivity index (χ3v) is 2.06. The van der Waals surface area contributed by atoms with Crippen molar-refractivity contribution in [3.63, 3.8) is 0 Å². The Morgan fingerprint density at radius 2 is 2.38 bits per heavy atom. The van der Waals surface area contributed by atoms with Crippen LogP contribution in [0, 0.1) is 0 Å². The summed E-state index contributed by atoms with van der Waals surface area (Å²) in [6.07, 6.45) is 4.33.